The zero-order chi connectivity index (χ0) is 22.6. The van der Waals surface area contributed by atoms with Crippen molar-refractivity contribution in [3.05, 3.63) is 83.5 Å². The molecule has 4 aromatic heterocycles. The van der Waals surface area contributed by atoms with Crippen LogP contribution in [0.25, 0.3) is 0 Å². The van der Waals surface area contributed by atoms with Gasteiger partial charge in [-0.05, 0) is 48.7 Å². The van der Waals surface area contributed by atoms with Crippen LogP contribution in [0.4, 0.5) is 5.13 Å². The molecule has 0 spiro atoms. The second kappa shape index (κ2) is 9.41. The molecule has 1 aliphatic rings. The normalized spacial score (nSPS) is 17.2. The highest BCUT2D eigenvalue weighted by Crippen LogP contribution is 2.40. The van der Waals surface area contributed by atoms with Crippen molar-refractivity contribution >= 4 is 22.4 Å². The van der Waals surface area contributed by atoms with Crippen LogP contribution >= 0.6 is 11.3 Å². The lowest BCUT2D eigenvalue weighted by Crippen LogP contribution is -2.32. The molecule has 1 aliphatic carbocycles. The molecule has 9 heteroatoms. The van der Waals surface area contributed by atoms with Crippen LogP contribution in [0.1, 0.15) is 40.5 Å². The predicted octanol–water partition coefficient (Wildman–Crippen LogP) is 4.37. The number of carbonyl (C=O) groups excluding carboxylic acids is 1. The second-order valence-corrected chi connectivity index (χ2v) is 8.71. The van der Waals surface area contributed by atoms with Crippen LogP contribution in [0, 0.1) is 0 Å². The van der Waals surface area contributed by atoms with E-state index in [0.29, 0.717) is 34.9 Å². The highest BCUT2D eigenvalue weighted by molar-refractivity contribution is 7.14. The zero-order valence-corrected chi connectivity index (χ0v) is 18.9. The average Bonchev–Trinajstić information content (AvgIpc) is 3.46. The summed E-state index contributed by atoms with van der Waals surface area (Å²) >= 11 is 1.44. The maximum absolute atomic E-state index is 12.8. The minimum absolute atomic E-state index is 0.118. The highest BCUT2D eigenvalue weighted by Gasteiger charge is 2.34. The molecule has 0 unspecified atom stereocenters. The monoisotopic (exact) mass is 461 g/mol. The maximum atomic E-state index is 12.8. The molecular formula is C24H23N5O3S. The van der Waals surface area contributed by atoms with E-state index >= 15 is 0 Å². The van der Waals surface area contributed by atoms with E-state index in [1.165, 1.54) is 11.3 Å². The summed E-state index contributed by atoms with van der Waals surface area (Å²) in [7, 11) is 1.61. The summed E-state index contributed by atoms with van der Waals surface area (Å²) in [4.78, 5) is 25.8. The smallest absolute Gasteiger partial charge is 0.274 e. The van der Waals surface area contributed by atoms with Gasteiger partial charge in [-0.1, -0.05) is 0 Å². The molecule has 0 aliphatic heterocycles. The van der Waals surface area contributed by atoms with E-state index in [0.717, 1.165) is 24.1 Å². The fourth-order valence-corrected chi connectivity index (χ4v) is 4.55. The minimum atomic E-state index is -0.171. The Kier molecular flexibility index (Phi) is 6.03. The van der Waals surface area contributed by atoms with Gasteiger partial charge in [-0.15, -0.1) is 11.3 Å². The summed E-state index contributed by atoms with van der Waals surface area (Å²) in [6.07, 6.45) is 8.91. The molecule has 0 bridgehead atoms. The summed E-state index contributed by atoms with van der Waals surface area (Å²) in [5.41, 5.74) is 2.66. The third kappa shape index (κ3) is 4.88. The van der Waals surface area contributed by atoms with E-state index < -0.39 is 0 Å². The molecule has 0 aromatic carbocycles. The quantitative estimate of drug-likeness (QED) is 0.419. The van der Waals surface area contributed by atoms with Crippen LogP contribution in [-0.2, 0) is 6.54 Å². The Hall–Kier alpha value is -3.72. The van der Waals surface area contributed by atoms with Crippen molar-refractivity contribution in [1.29, 1.82) is 0 Å². The number of thiazole rings is 1. The number of amides is 1. The maximum Gasteiger partial charge on any atom is 0.274 e. The van der Waals surface area contributed by atoms with Gasteiger partial charge in [0.25, 0.3) is 5.91 Å². The Morgan fingerprint density at radius 2 is 2.06 bits per heavy atom. The molecule has 1 fully saturated rings. The summed E-state index contributed by atoms with van der Waals surface area (Å²) < 4.78 is 13.0. The van der Waals surface area contributed by atoms with E-state index in [1.54, 1.807) is 25.7 Å². The Morgan fingerprint density at radius 3 is 2.82 bits per heavy atom. The third-order valence-electron chi connectivity index (χ3n) is 5.65. The predicted molar refractivity (Wildman–Crippen MR) is 125 cm³/mol. The SMILES string of the molecule is COc1ccc(OC2CC(c3csc(NC(=O)c4cccn4Cc4ccncc4)n3)C2)nc1. The van der Waals surface area contributed by atoms with Crippen LogP contribution in [0.5, 0.6) is 11.6 Å². The number of carbonyl (C=O) groups is 1. The summed E-state index contributed by atoms with van der Waals surface area (Å²) in [6.45, 7) is 0.605. The van der Waals surface area contributed by atoms with Gasteiger partial charge in [0.1, 0.15) is 17.5 Å². The molecule has 168 valence electrons. The molecule has 33 heavy (non-hydrogen) atoms. The van der Waals surface area contributed by atoms with Crippen molar-refractivity contribution in [3.8, 4) is 11.6 Å². The summed E-state index contributed by atoms with van der Waals surface area (Å²) in [5.74, 6) is 1.46. The van der Waals surface area contributed by atoms with Crippen molar-refractivity contribution in [3.63, 3.8) is 0 Å². The van der Waals surface area contributed by atoms with Gasteiger partial charge in [0, 0.05) is 42.5 Å². The number of nitrogens with one attached hydrogen (secondary N) is 1. The molecule has 0 saturated heterocycles. The Bertz CT molecular complexity index is 1220. The van der Waals surface area contributed by atoms with Crippen LogP contribution in [0.2, 0.25) is 0 Å². The van der Waals surface area contributed by atoms with E-state index in [9.17, 15) is 4.79 Å². The molecule has 1 amide bonds. The van der Waals surface area contributed by atoms with Gasteiger partial charge in [-0.2, -0.15) is 0 Å². The number of nitrogens with zero attached hydrogens (tertiary/aromatic N) is 4. The molecule has 0 atom stereocenters. The average molecular weight is 462 g/mol. The number of ether oxygens (including phenoxy) is 2. The van der Waals surface area contributed by atoms with Crippen LogP contribution in [0.15, 0.2) is 66.6 Å². The third-order valence-corrected chi connectivity index (χ3v) is 6.43. The number of aromatic nitrogens is 4. The number of rotatable bonds is 8. The second-order valence-electron chi connectivity index (χ2n) is 7.85. The van der Waals surface area contributed by atoms with Gasteiger partial charge in [-0.25, -0.2) is 9.97 Å². The number of methoxy groups -OCH3 is 1. The molecule has 1 saturated carbocycles. The lowest BCUT2D eigenvalue weighted by molar-refractivity contribution is 0.0921. The number of hydrogen-bond donors (Lipinski definition) is 1. The molecule has 5 rings (SSSR count). The first-order valence-corrected chi connectivity index (χ1v) is 11.5. The van der Waals surface area contributed by atoms with E-state index in [2.05, 4.69) is 20.3 Å². The van der Waals surface area contributed by atoms with Gasteiger partial charge >= 0.3 is 0 Å². The summed E-state index contributed by atoms with van der Waals surface area (Å²) in [5, 5.41) is 5.55. The number of anilines is 1. The van der Waals surface area contributed by atoms with Crippen molar-refractivity contribution in [2.24, 2.45) is 0 Å². The van der Waals surface area contributed by atoms with Crippen LogP contribution in [-0.4, -0.2) is 38.6 Å². The highest BCUT2D eigenvalue weighted by atomic mass is 32.1. The van der Waals surface area contributed by atoms with Gasteiger partial charge in [0.2, 0.25) is 5.88 Å². The molecule has 4 heterocycles. The van der Waals surface area contributed by atoms with Crippen molar-refractivity contribution in [2.75, 3.05) is 12.4 Å². The molecule has 1 N–H and O–H groups in total. The molecule has 0 radical (unpaired) electrons. The molecule has 8 nitrogen and oxygen atoms in total. The van der Waals surface area contributed by atoms with E-state index in [-0.39, 0.29) is 12.0 Å². The van der Waals surface area contributed by atoms with E-state index in [4.69, 9.17) is 9.47 Å². The first-order chi connectivity index (χ1) is 16.2. The first kappa shape index (κ1) is 21.1. The fourth-order valence-electron chi connectivity index (χ4n) is 3.77. The van der Waals surface area contributed by atoms with Gasteiger partial charge < -0.3 is 14.0 Å². The largest absolute Gasteiger partial charge is 0.495 e. The van der Waals surface area contributed by atoms with Gasteiger partial charge in [-0.3, -0.25) is 15.1 Å². The molecular weight excluding hydrogens is 438 g/mol. The first-order valence-electron chi connectivity index (χ1n) is 10.7. The van der Waals surface area contributed by atoms with Gasteiger partial charge in [0.15, 0.2) is 5.13 Å². The van der Waals surface area contributed by atoms with Gasteiger partial charge in [0.05, 0.1) is 19.0 Å². The minimum Gasteiger partial charge on any atom is -0.495 e. The van der Waals surface area contributed by atoms with Crippen LogP contribution in [0.3, 0.4) is 0 Å². The standard InChI is InChI=1S/C24H23N5O3S/c1-31-18-4-5-22(26-13-18)32-19-11-17(12-19)20-15-33-24(27-20)28-23(30)21-3-2-10-29(21)14-16-6-8-25-9-7-16/h2-10,13,15,17,19H,11-12,14H2,1H3,(H,27,28,30). The number of hydrogen-bond acceptors (Lipinski definition) is 7. The lowest BCUT2D eigenvalue weighted by atomic mass is 9.80. The Balaban J connectivity index is 1.15. The fraction of sp³-hybridized carbons (Fsp3) is 0.250. The van der Waals surface area contributed by atoms with Crippen molar-refractivity contribution in [2.45, 2.75) is 31.4 Å². The van der Waals surface area contributed by atoms with Crippen molar-refractivity contribution < 1.29 is 14.3 Å². The van der Waals surface area contributed by atoms with Crippen molar-refractivity contribution in [1.82, 2.24) is 19.5 Å². The molecule has 4 aromatic rings. The van der Waals surface area contributed by atoms with E-state index in [1.807, 2.05) is 52.5 Å². The lowest BCUT2D eigenvalue weighted by Gasteiger charge is -2.33. The Labute approximate surface area is 195 Å². The van der Waals surface area contributed by atoms with Crippen LogP contribution < -0.4 is 14.8 Å². The Morgan fingerprint density at radius 1 is 1.21 bits per heavy atom. The number of pyridine rings is 2. The topological polar surface area (TPSA) is 91.2 Å². The zero-order valence-electron chi connectivity index (χ0n) is 18.0. The summed E-state index contributed by atoms with van der Waals surface area (Å²) in [6, 6.07) is 11.2.